The third-order valence-corrected chi connectivity index (χ3v) is 4.15. The summed E-state index contributed by atoms with van der Waals surface area (Å²) >= 11 is 0. The number of hydrogen-bond acceptors (Lipinski definition) is 4. The molecule has 1 aliphatic carbocycles. The fourth-order valence-electron chi connectivity index (χ4n) is 2.96. The molecular formula is C19H15N3O2. The van der Waals surface area contributed by atoms with E-state index in [-0.39, 0.29) is 18.0 Å². The highest BCUT2D eigenvalue weighted by molar-refractivity contribution is 6.52. The largest absolute Gasteiger partial charge is 0.342 e. The van der Waals surface area contributed by atoms with E-state index in [9.17, 15) is 9.59 Å². The molecule has 5 nitrogen and oxygen atoms in total. The van der Waals surface area contributed by atoms with E-state index in [4.69, 9.17) is 0 Å². The summed E-state index contributed by atoms with van der Waals surface area (Å²) in [6.45, 7) is 0.427. The number of benzene rings is 2. The van der Waals surface area contributed by atoms with Crippen molar-refractivity contribution in [2.24, 2.45) is 4.99 Å². The molecule has 0 atom stereocenters. The molecule has 0 saturated carbocycles. The lowest BCUT2D eigenvalue weighted by Crippen LogP contribution is -2.27. The molecule has 24 heavy (non-hydrogen) atoms. The van der Waals surface area contributed by atoms with Crippen molar-refractivity contribution in [1.29, 1.82) is 0 Å². The van der Waals surface area contributed by atoms with Crippen molar-refractivity contribution in [3.05, 3.63) is 65.5 Å². The molecule has 0 bridgehead atoms. The molecule has 0 radical (unpaired) electrons. The Labute approximate surface area is 138 Å². The standard InChI is InChI=1S/C19H15N3O2/c23-17-11-16(19(24)13-6-2-1-5-12(13)17)20-10-9-18-21-14-7-3-4-8-15(14)22-18/h1-8H,9-11H2,(H,21,22). The predicted molar refractivity (Wildman–Crippen MR) is 91.8 cm³/mol. The molecule has 2 aromatic carbocycles. The quantitative estimate of drug-likeness (QED) is 0.807. The molecule has 1 aromatic heterocycles. The number of rotatable bonds is 3. The van der Waals surface area contributed by atoms with Crippen LogP contribution in [0.3, 0.4) is 0 Å². The van der Waals surface area contributed by atoms with E-state index in [0.717, 1.165) is 16.9 Å². The minimum atomic E-state index is -0.144. The lowest BCUT2D eigenvalue weighted by Gasteiger charge is -2.15. The number of carbonyl (C=O) groups is 2. The van der Waals surface area contributed by atoms with Crippen molar-refractivity contribution in [3.8, 4) is 0 Å². The number of carbonyl (C=O) groups excluding carboxylic acids is 2. The Morgan fingerprint density at radius 1 is 1.00 bits per heavy atom. The maximum absolute atomic E-state index is 12.4. The van der Waals surface area contributed by atoms with Gasteiger partial charge in [-0.1, -0.05) is 36.4 Å². The number of hydrogen-bond donors (Lipinski definition) is 1. The molecule has 1 aliphatic rings. The van der Waals surface area contributed by atoms with Gasteiger partial charge in [0.05, 0.1) is 23.2 Å². The van der Waals surface area contributed by atoms with Crippen molar-refractivity contribution in [3.63, 3.8) is 0 Å². The van der Waals surface area contributed by atoms with Crippen molar-refractivity contribution in [2.75, 3.05) is 6.54 Å². The molecule has 0 unspecified atom stereocenters. The highest BCUT2D eigenvalue weighted by Gasteiger charge is 2.28. The normalized spacial score (nSPS) is 15.9. The third-order valence-electron chi connectivity index (χ3n) is 4.15. The fraction of sp³-hybridized carbons (Fsp3) is 0.158. The van der Waals surface area contributed by atoms with Gasteiger partial charge >= 0.3 is 0 Å². The number of H-pyrrole nitrogens is 1. The summed E-state index contributed by atoms with van der Waals surface area (Å²) in [5.41, 5.74) is 3.20. The number of ketones is 2. The Morgan fingerprint density at radius 3 is 2.58 bits per heavy atom. The van der Waals surface area contributed by atoms with Crippen LogP contribution in [0.2, 0.25) is 0 Å². The van der Waals surface area contributed by atoms with Gasteiger partial charge in [-0.3, -0.25) is 14.6 Å². The van der Waals surface area contributed by atoms with E-state index < -0.39 is 0 Å². The molecule has 0 spiro atoms. The number of fused-ring (bicyclic) bond motifs is 2. The lowest BCUT2D eigenvalue weighted by atomic mass is 9.88. The third kappa shape index (κ3) is 2.54. The molecule has 0 amide bonds. The monoisotopic (exact) mass is 317 g/mol. The van der Waals surface area contributed by atoms with Gasteiger partial charge in [0.2, 0.25) is 5.78 Å². The van der Waals surface area contributed by atoms with Crippen molar-refractivity contribution in [2.45, 2.75) is 12.8 Å². The van der Waals surface area contributed by atoms with Crippen LogP contribution < -0.4 is 0 Å². The first-order valence-electron chi connectivity index (χ1n) is 7.86. The summed E-state index contributed by atoms with van der Waals surface area (Å²) in [6.07, 6.45) is 0.678. The molecule has 0 saturated heterocycles. The van der Waals surface area contributed by atoms with Crippen LogP contribution in [0.1, 0.15) is 33.0 Å². The second kappa shape index (κ2) is 5.85. The van der Waals surface area contributed by atoms with Gasteiger partial charge < -0.3 is 4.98 Å². The van der Waals surface area contributed by atoms with Crippen molar-refractivity contribution < 1.29 is 9.59 Å². The van der Waals surface area contributed by atoms with E-state index in [1.807, 2.05) is 24.3 Å². The summed E-state index contributed by atoms with van der Waals surface area (Å²) in [5.74, 6) is 0.637. The van der Waals surface area contributed by atoms with Crippen molar-refractivity contribution in [1.82, 2.24) is 9.97 Å². The summed E-state index contributed by atoms with van der Waals surface area (Å²) in [5, 5.41) is 0. The number of nitrogens with one attached hydrogen (secondary N) is 1. The maximum atomic E-state index is 12.4. The van der Waals surface area contributed by atoms with E-state index in [1.165, 1.54) is 0 Å². The van der Waals surface area contributed by atoms with Crippen LogP contribution in [-0.2, 0) is 6.42 Å². The summed E-state index contributed by atoms with van der Waals surface area (Å²) < 4.78 is 0. The number of aliphatic imine (C=N–C) groups is 1. The molecule has 4 rings (SSSR count). The smallest absolute Gasteiger partial charge is 0.207 e. The average Bonchev–Trinajstić information content (AvgIpc) is 3.02. The lowest BCUT2D eigenvalue weighted by molar-refractivity contribution is 0.0964. The average molecular weight is 317 g/mol. The van der Waals surface area contributed by atoms with Gasteiger partial charge in [0.25, 0.3) is 0 Å². The van der Waals surface area contributed by atoms with E-state index in [2.05, 4.69) is 15.0 Å². The molecular weight excluding hydrogens is 302 g/mol. The van der Waals surface area contributed by atoms with Gasteiger partial charge in [-0.05, 0) is 12.1 Å². The predicted octanol–water partition coefficient (Wildman–Crippen LogP) is 3.02. The minimum absolute atomic E-state index is 0.0484. The van der Waals surface area contributed by atoms with E-state index >= 15 is 0 Å². The van der Waals surface area contributed by atoms with Crippen LogP contribution in [0.5, 0.6) is 0 Å². The number of aromatic amines is 1. The first-order valence-corrected chi connectivity index (χ1v) is 7.86. The Hall–Kier alpha value is -3.08. The Kier molecular flexibility index (Phi) is 3.54. The summed E-state index contributed by atoms with van der Waals surface area (Å²) in [6, 6.07) is 14.7. The zero-order valence-corrected chi connectivity index (χ0v) is 13.0. The topological polar surface area (TPSA) is 75.2 Å². The van der Waals surface area contributed by atoms with E-state index in [0.29, 0.717) is 29.8 Å². The van der Waals surface area contributed by atoms with Gasteiger partial charge in [-0.2, -0.15) is 0 Å². The van der Waals surface area contributed by atoms with Crippen LogP contribution in [0, 0.1) is 0 Å². The van der Waals surface area contributed by atoms with Gasteiger partial charge in [0, 0.05) is 24.1 Å². The van der Waals surface area contributed by atoms with Crippen LogP contribution in [0.15, 0.2) is 53.5 Å². The number of para-hydroxylation sites is 2. The van der Waals surface area contributed by atoms with Crippen LogP contribution in [0.4, 0.5) is 0 Å². The van der Waals surface area contributed by atoms with Crippen molar-refractivity contribution >= 4 is 28.3 Å². The Morgan fingerprint density at radius 2 is 1.75 bits per heavy atom. The fourth-order valence-corrected chi connectivity index (χ4v) is 2.96. The van der Waals surface area contributed by atoms with Gasteiger partial charge in [-0.25, -0.2) is 4.98 Å². The molecule has 1 heterocycles. The summed E-state index contributed by atoms with van der Waals surface area (Å²) in [7, 11) is 0. The van der Waals surface area contributed by atoms with Gasteiger partial charge in [-0.15, -0.1) is 0 Å². The highest BCUT2D eigenvalue weighted by Crippen LogP contribution is 2.19. The first kappa shape index (κ1) is 14.5. The first-order chi connectivity index (χ1) is 11.7. The summed E-state index contributed by atoms with van der Waals surface area (Å²) in [4.78, 5) is 36.7. The van der Waals surface area contributed by atoms with Crippen LogP contribution >= 0.6 is 0 Å². The molecule has 0 aliphatic heterocycles. The maximum Gasteiger partial charge on any atom is 0.207 e. The molecule has 1 N–H and O–H groups in total. The molecule has 0 fully saturated rings. The Balaban J connectivity index is 1.52. The SMILES string of the molecule is O=C1CC(=NCCc2nc3ccccc3[nH]2)C(=O)c2ccccc21. The highest BCUT2D eigenvalue weighted by atomic mass is 16.1. The van der Waals surface area contributed by atoms with Crippen LogP contribution in [-0.4, -0.2) is 33.8 Å². The van der Waals surface area contributed by atoms with Crippen LogP contribution in [0.25, 0.3) is 11.0 Å². The van der Waals surface area contributed by atoms with Gasteiger partial charge in [0.1, 0.15) is 5.82 Å². The second-order valence-electron chi connectivity index (χ2n) is 5.75. The zero-order chi connectivity index (χ0) is 16.5. The zero-order valence-electron chi connectivity index (χ0n) is 13.0. The van der Waals surface area contributed by atoms with E-state index in [1.54, 1.807) is 24.3 Å². The number of aromatic nitrogens is 2. The second-order valence-corrected chi connectivity index (χ2v) is 5.75. The number of nitrogens with zero attached hydrogens (tertiary/aromatic N) is 2. The Bertz CT molecular complexity index is 952. The molecule has 3 aromatic rings. The number of Topliss-reactive ketones (excluding diaryl/α,β-unsaturated/α-hetero) is 2. The number of imidazole rings is 1. The van der Waals surface area contributed by atoms with Gasteiger partial charge in [0.15, 0.2) is 5.78 Å². The molecule has 118 valence electrons. The molecule has 5 heteroatoms. The minimum Gasteiger partial charge on any atom is -0.342 e.